The number of anilines is 1. The third kappa shape index (κ3) is 6.44. The average molecular weight is 313 g/mol. The van der Waals surface area contributed by atoms with E-state index in [1.165, 1.54) is 19.0 Å². The molecule has 5 nitrogen and oxygen atoms in total. The lowest BCUT2D eigenvalue weighted by Crippen LogP contribution is -2.32. The van der Waals surface area contributed by atoms with Crippen molar-refractivity contribution in [1.82, 2.24) is 9.71 Å². The minimum Gasteiger partial charge on any atom is -0.370 e. The predicted octanol–water partition coefficient (Wildman–Crippen LogP) is 3.15. The van der Waals surface area contributed by atoms with Gasteiger partial charge in [-0.3, -0.25) is 0 Å². The van der Waals surface area contributed by atoms with Gasteiger partial charge in [0, 0.05) is 18.8 Å². The minimum atomic E-state index is -3.47. The Hall–Kier alpha value is -1.14. The van der Waals surface area contributed by atoms with Crippen molar-refractivity contribution in [2.45, 2.75) is 63.8 Å². The number of nitrogens with one attached hydrogen (secondary N) is 2. The van der Waals surface area contributed by atoms with Gasteiger partial charge in [0.05, 0.1) is 0 Å². The summed E-state index contributed by atoms with van der Waals surface area (Å²) in [5.74, 6) is 0.684. The van der Waals surface area contributed by atoms with Crippen LogP contribution in [0, 0.1) is 0 Å². The Morgan fingerprint density at radius 3 is 2.52 bits per heavy atom. The maximum atomic E-state index is 12.2. The molecule has 0 aliphatic rings. The summed E-state index contributed by atoms with van der Waals surface area (Å²) in [5.41, 5.74) is 0. The van der Waals surface area contributed by atoms with Crippen molar-refractivity contribution < 1.29 is 8.42 Å². The Morgan fingerprint density at radius 1 is 1.19 bits per heavy atom. The Kier molecular flexibility index (Phi) is 7.67. The van der Waals surface area contributed by atoms with Crippen molar-refractivity contribution in [3.05, 3.63) is 18.3 Å². The van der Waals surface area contributed by atoms with Crippen LogP contribution in [0.15, 0.2) is 23.2 Å². The second kappa shape index (κ2) is 9.00. The number of aromatic nitrogens is 1. The van der Waals surface area contributed by atoms with Gasteiger partial charge in [-0.15, -0.1) is 0 Å². The highest BCUT2D eigenvalue weighted by Crippen LogP contribution is 2.13. The number of hydrogen-bond donors (Lipinski definition) is 2. The second-order valence-electron chi connectivity index (χ2n) is 5.28. The normalized spacial score (nSPS) is 13.1. The summed E-state index contributed by atoms with van der Waals surface area (Å²) in [6.45, 7) is 6.79. The molecule has 0 saturated carbocycles. The molecule has 0 radical (unpaired) electrons. The van der Waals surface area contributed by atoms with E-state index in [-0.39, 0.29) is 10.9 Å². The summed E-state index contributed by atoms with van der Waals surface area (Å²) < 4.78 is 27.2. The summed E-state index contributed by atoms with van der Waals surface area (Å²) in [7, 11) is -3.47. The Morgan fingerprint density at radius 2 is 1.95 bits per heavy atom. The molecular formula is C15H27N3O2S. The molecule has 1 aromatic rings. The van der Waals surface area contributed by atoms with Gasteiger partial charge in [0.25, 0.3) is 0 Å². The topological polar surface area (TPSA) is 71.1 Å². The van der Waals surface area contributed by atoms with E-state index >= 15 is 0 Å². The molecule has 0 aliphatic carbocycles. The first-order valence-electron chi connectivity index (χ1n) is 7.71. The largest absolute Gasteiger partial charge is 0.370 e. The smallest absolute Gasteiger partial charge is 0.242 e. The fourth-order valence-corrected chi connectivity index (χ4v) is 3.32. The van der Waals surface area contributed by atoms with E-state index < -0.39 is 10.0 Å². The van der Waals surface area contributed by atoms with Crippen LogP contribution in [0.2, 0.25) is 0 Å². The van der Waals surface area contributed by atoms with E-state index in [1.54, 1.807) is 12.1 Å². The van der Waals surface area contributed by atoms with E-state index in [2.05, 4.69) is 21.9 Å². The molecule has 6 heteroatoms. The molecule has 1 unspecified atom stereocenters. The van der Waals surface area contributed by atoms with Gasteiger partial charge in [-0.2, -0.15) is 0 Å². The number of nitrogens with zero attached hydrogens (tertiary/aromatic N) is 1. The van der Waals surface area contributed by atoms with Gasteiger partial charge in [-0.05, 0) is 32.4 Å². The molecule has 1 heterocycles. The molecule has 0 aromatic carbocycles. The first-order chi connectivity index (χ1) is 9.99. The molecule has 120 valence electrons. The van der Waals surface area contributed by atoms with Gasteiger partial charge < -0.3 is 5.32 Å². The zero-order valence-corrected chi connectivity index (χ0v) is 14.0. The van der Waals surface area contributed by atoms with Crippen molar-refractivity contribution in [2.75, 3.05) is 11.9 Å². The average Bonchev–Trinajstić information content (AvgIpc) is 2.44. The van der Waals surface area contributed by atoms with Gasteiger partial charge in [-0.1, -0.05) is 32.6 Å². The van der Waals surface area contributed by atoms with Gasteiger partial charge >= 0.3 is 0 Å². The maximum absolute atomic E-state index is 12.2. The number of rotatable bonds is 10. The molecule has 1 rings (SSSR count). The Balaban J connectivity index is 2.55. The van der Waals surface area contributed by atoms with Gasteiger partial charge in [-0.25, -0.2) is 18.1 Å². The van der Waals surface area contributed by atoms with E-state index in [9.17, 15) is 8.42 Å². The molecular weight excluding hydrogens is 286 g/mol. The predicted molar refractivity (Wildman–Crippen MR) is 86.9 cm³/mol. The van der Waals surface area contributed by atoms with Crippen molar-refractivity contribution in [3.8, 4) is 0 Å². The van der Waals surface area contributed by atoms with E-state index in [1.807, 2.05) is 13.8 Å². The number of sulfonamides is 1. The SMILES string of the molecule is CCCCCCC(C)NS(=O)(=O)c1ccc(NCC)nc1. The fraction of sp³-hybridized carbons (Fsp3) is 0.667. The number of pyridine rings is 1. The van der Waals surface area contributed by atoms with E-state index in [0.29, 0.717) is 5.82 Å². The number of unbranched alkanes of at least 4 members (excludes halogenated alkanes) is 3. The lowest BCUT2D eigenvalue weighted by molar-refractivity contribution is 0.522. The molecule has 0 amide bonds. The zero-order valence-electron chi connectivity index (χ0n) is 13.2. The van der Waals surface area contributed by atoms with Gasteiger partial charge in [0.15, 0.2) is 0 Å². The fourth-order valence-electron chi connectivity index (χ4n) is 2.09. The van der Waals surface area contributed by atoms with Crippen molar-refractivity contribution in [2.24, 2.45) is 0 Å². The number of hydrogen-bond acceptors (Lipinski definition) is 4. The summed E-state index contributed by atoms with van der Waals surface area (Å²) in [6.07, 6.45) is 6.85. The van der Waals surface area contributed by atoms with E-state index in [0.717, 1.165) is 25.8 Å². The molecule has 0 spiro atoms. The summed E-state index contributed by atoms with van der Waals surface area (Å²) in [6, 6.07) is 3.21. The quantitative estimate of drug-likeness (QED) is 0.651. The molecule has 21 heavy (non-hydrogen) atoms. The second-order valence-corrected chi connectivity index (χ2v) is 7.00. The van der Waals surface area contributed by atoms with Gasteiger partial charge in [0.2, 0.25) is 10.0 Å². The third-order valence-electron chi connectivity index (χ3n) is 3.25. The standard InChI is InChI=1S/C15H27N3O2S/c1-4-6-7-8-9-13(3)18-21(19,20)14-10-11-15(16-5-2)17-12-14/h10-13,18H,4-9H2,1-3H3,(H,16,17). The Bertz CT molecular complexity index is 500. The summed E-state index contributed by atoms with van der Waals surface area (Å²) in [5, 5.41) is 3.04. The lowest BCUT2D eigenvalue weighted by atomic mass is 10.1. The minimum absolute atomic E-state index is 0.0553. The maximum Gasteiger partial charge on any atom is 0.242 e. The third-order valence-corrected chi connectivity index (χ3v) is 4.83. The summed E-state index contributed by atoms with van der Waals surface area (Å²) in [4.78, 5) is 4.31. The lowest BCUT2D eigenvalue weighted by Gasteiger charge is -2.14. The van der Waals surface area contributed by atoms with Crippen LogP contribution in [0.3, 0.4) is 0 Å². The van der Waals surface area contributed by atoms with Crippen LogP contribution in [0.4, 0.5) is 5.82 Å². The Labute approximate surface area is 128 Å². The molecule has 1 atom stereocenters. The molecule has 1 aromatic heterocycles. The highest BCUT2D eigenvalue weighted by atomic mass is 32.2. The van der Waals surface area contributed by atoms with Crippen molar-refractivity contribution in [1.29, 1.82) is 0 Å². The highest BCUT2D eigenvalue weighted by molar-refractivity contribution is 7.89. The van der Waals surface area contributed by atoms with Crippen LogP contribution in [0.5, 0.6) is 0 Å². The monoisotopic (exact) mass is 313 g/mol. The molecule has 0 aliphatic heterocycles. The molecule has 2 N–H and O–H groups in total. The van der Waals surface area contributed by atoms with E-state index in [4.69, 9.17) is 0 Å². The first kappa shape index (κ1) is 17.9. The summed E-state index contributed by atoms with van der Waals surface area (Å²) >= 11 is 0. The van der Waals surface area contributed by atoms with Crippen LogP contribution in [-0.4, -0.2) is 26.0 Å². The van der Waals surface area contributed by atoms with Crippen LogP contribution in [-0.2, 0) is 10.0 Å². The molecule has 0 fully saturated rings. The van der Waals surface area contributed by atoms with Crippen LogP contribution >= 0.6 is 0 Å². The highest BCUT2D eigenvalue weighted by Gasteiger charge is 2.17. The van der Waals surface area contributed by atoms with Crippen LogP contribution in [0.1, 0.15) is 52.9 Å². The zero-order chi connectivity index (χ0) is 15.7. The molecule has 0 saturated heterocycles. The van der Waals surface area contributed by atoms with Gasteiger partial charge in [0.1, 0.15) is 10.7 Å². The molecule has 0 bridgehead atoms. The van der Waals surface area contributed by atoms with Crippen molar-refractivity contribution in [3.63, 3.8) is 0 Å². The first-order valence-corrected chi connectivity index (χ1v) is 9.20. The van der Waals surface area contributed by atoms with Crippen molar-refractivity contribution >= 4 is 15.8 Å². The van der Waals surface area contributed by atoms with Crippen LogP contribution in [0.25, 0.3) is 0 Å². The van der Waals surface area contributed by atoms with Crippen LogP contribution < -0.4 is 10.0 Å².